The molecule has 1 aliphatic carbocycles. The van der Waals surface area contributed by atoms with Crippen LogP contribution in [0.1, 0.15) is 66.6 Å². The number of anilines is 1. The summed E-state index contributed by atoms with van der Waals surface area (Å²) in [6.07, 6.45) is 10.1. The fraction of sp³-hybridized carbons (Fsp3) is 0.517. The first-order valence-electron chi connectivity index (χ1n) is 14.4. The van der Waals surface area contributed by atoms with Crippen LogP contribution in [0.5, 0.6) is 0 Å². The third-order valence-electron chi connectivity index (χ3n) is 8.16. The molecule has 2 fully saturated rings. The van der Waals surface area contributed by atoms with Crippen LogP contribution in [0.15, 0.2) is 45.6 Å². The highest BCUT2D eigenvalue weighted by molar-refractivity contribution is 7.15. The number of alkyl halides is 2. The van der Waals surface area contributed by atoms with Crippen molar-refractivity contribution >= 4 is 45.9 Å². The summed E-state index contributed by atoms with van der Waals surface area (Å²) >= 11 is 7.43. The summed E-state index contributed by atoms with van der Waals surface area (Å²) < 4.78 is 32.1. The van der Waals surface area contributed by atoms with E-state index in [1.165, 1.54) is 17.4 Å². The summed E-state index contributed by atoms with van der Waals surface area (Å²) in [7, 11) is 0. The van der Waals surface area contributed by atoms with Crippen molar-refractivity contribution < 1.29 is 27.8 Å². The molecule has 3 aliphatic rings. The first-order chi connectivity index (χ1) is 21.1. The molecule has 5 rings (SSSR count). The maximum atomic E-state index is 13.7. The van der Waals surface area contributed by atoms with Crippen LogP contribution in [0.2, 0.25) is 0 Å². The number of aromatic nitrogens is 3. The number of likely N-dealkylation sites (tertiary alicyclic amines) is 1. The van der Waals surface area contributed by atoms with Crippen molar-refractivity contribution in [3.8, 4) is 0 Å². The van der Waals surface area contributed by atoms with E-state index in [1.54, 1.807) is 28.3 Å². The van der Waals surface area contributed by atoms with Crippen LogP contribution in [0.3, 0.4) is 0 Å². The summed E-state index contributed by atoms with van der Waals surface area (Å²) in [5, 5.41) is 14.2. The van der Waals surface area contributed by atoms with Crippen molar-refractivity contribution in [1.29, 1.82) is 0 Å². The van der Waals surface area contributed by atoms with Crippen LogP contribution in [-0.2, 0) is 16.0 Å². The van der Waals surface area contributed by atoms with Crippen LogP contribution in [0, 0.1) is 11.8 Å². The molecule has 234 valence electrons. The zero-order chi connectivity index (χ0) is 31.4. The highest BCUT2D eigenvalue weighted by Crippen LogP contribution is 2.38. The number of nitrogens with one attached hydrogen (secondary N) is 2. The molecule has 0 spiro atoms. The van der Waals surface area contributed by atoms with Crippen molar-refractivity contribution in [2.45, 2.75) is 64.0 Å². The lowest BCUT2D eigenvalue weighted by Crippen LogP contribution is -2.57. The lowest BCUT2D eigenvalue weighted by Gasteiger charge is -2.42. The Bertz CT molecular complexity index is 1530. The van der Waals surface area contributed by atoms with Gasteiger partial charge in [-0.25, -0.2) is 28.0 Å². The van der Waals surface area contributed by atoms with Gasteiger partial charge in [-0.2, -0.15) is 0 Å². The Morgan fingerprint density at radius 1 is 1.23 bits per heavy atom. The van der Waals surface area contributed by atoms with E-state index in [2.05, 4.69) is 32.9 Å². The third kappa shape index (κ3) is 7.17. The van der Waals surface area contributed by atoms with Gasteiger partial charge in [-0.05, 0) is 48.4 Å². The van der Waals surface area contributed by atoms with Crippen molar-refractivity contribution in [2.75, 3.05) is 25.0 Å². The predicted octanol–water partition coefficient (Wildman–Crippen LogP) is 4.50. The van der Waals surface area contributed by atoms with Gasteiger partial charge >= 0.3 is 0 Å². The number of rotatable bonds is 11. The number of hydrogen-bond donors (Lipinski definition) is 2. The summed E-state index contributed by atoms with van der Waals surface area (Å²) in [6, 6.07) is -1.31. The van der Waals surface area contributed by atoms with Crippen LogP contribution < -0.4 is 10.6 Å². The number of carbonyl (C=O) groups is 1. The number of amides is 1. The topological polar surface area (TPSA) is 134 Å². The molecule has 1 saturated carbocycles. The first kappa shape index (κ1) is 31.7. The normalized spacial score (nSPS) is 22.7. The van der Waals surface area contributed by atoms with E-state index in [-0.39, 0.29) is 29.6 Å². The van der Waals surface area contributed by atoms with E-state index in [0.717, 1.165) is 25.7 Å². The van der Waals surface area contributed by atoms with E-state index >= 15 is 0 Å². The maximum absolute atomic E-state index is 13.7. The molecule has 2 aromatic rings. The Morgan fingerprint density at radius 2 is 1.98 bits per heavy atom. The molecule has 2 aliphatic heterocycles. The van der Waals surface area contributed by atoms with E-state index in [4.69, 9.17) is 16.2 Å². The lowest BCUT2D eigenvalue weighted by atomic mass is 9.78. The highest BCUT2D eigenvalue weighted by Gasteiger charge is 2.45. The highest BCUT2D eigenvalue weighted by atomic mass is 35.5. The zero-order valence-corrected chi connectivity index (χ0v) is 25.8. The van der Waals surface area contributed by atoms with Crippen molar-refractivity contribution in [3.05, 3.63) is 57.2 Å². The minimum Gasteiger partial charge on any atom is -0.341 e. The molecular weight excluding hydrogens is 616 g/mol. The first-order valence-corrected chi connectivity index (χ1v) is 15.6. The predicted molar refractivity (Wildman–Crippen MR) is 159 cm³/mol. The second-order valence-electron chi connectivity index (χ2n) is 11.4. The Morgan fingerprint density at radius 3 is 2.64 bits per heavy atom. The number of thiazole rings is 1. The average molecular weight is 648 g/mol. The molecule has 15 heteroatoms. The molecule has 1 unspecified atom stereocenters. The second-order valence-corrected chi connectivity index (χ2v) is 12.9. The van der Waals surface area contributed by atoms with E-state index < -0.39 is 37.0 Å². The van der Waals surface area contributed by atoms with Gasteiger partial charge in [0.1, 0.15) is 23.0 Å². The monoisotopic (exact) mass is 647 g/mol. The van der Waals surface area contributed by atoms with Gasteiger partial charge in [-0.3, -0.25) is 9.69 Å². The molecule has 0 aromatic carbocycles. The molecule has 44 heavy (non-hydrogen) atoms. The van der Waals surface area contributed by atoms with Gasteiger partial charge in [0, 0.05) is 18.9 Å². The quantitative estimate of drug-likeness (QED) is 0.336. The van der Waals surface area contributed by atoms with Crippen LogP contribution in [-0.4, -0.2) is 74.5 Å². The Labute approximate surface area is 261 Å². The van der Waals surface area contributed by atoms with E-state index in [1.807, 2.05) is 18.8 Å². The largest absolute Gasteiger partial charge is 0.341 e. The number of allylic oxidation sites excluding steroid dienone is 3. The standard InChI is InChI=1S/C29H32ClF2N7O4S/c1-3-21-26(37-43-36-21)27(42)35-25(18-6-4-17(2)5-7-18)22(14-41)34-28-33-10-24(44-28)23(12-38-15-29(31,32)16-38)39-11-19(30)8-9-20(39)13-40/h8-11,17-18,23,25H,3-7,12,15-16H2,1-2H3,(H,33,34)(H,35,42)/t17?,18?,23?,25-/m0/s1. The minimum absolute atomic E-state index is 0.0444. The minimum atomic E-state index is -2.77. The zero-order valence-electron chi connectivity index (χ0n) is 24.2. The summed E-state index contributed by atoms with van der Waals surface area (Å²) in [6.45, 7) is 3.35. The average Bonchev–Trinajstić information content (AvgIpc) is 3.67. The fourth-order valence-electron chi connectivity index (χ4n) is 5.78. The van der Waals surface area contributed by atoms with Gasteiger partial charge in [0.05, 0.1) is 35.1 Å². The van der Waals surface area contributed by atoms with Gasteiger partial charge in [0.15, 0.2) is 16.8 Å². The van der Waals surface area contributed by atoms with Crippen LogP contribution in [0.4, 0.5) is 13.9 Å². The smallest absolute Gasteiger partial charge is 0.276 e. The molecule has 0 bridgehead atoms. The Balaban J connectivity index is 1.40. The third-order valence-corrected chi connectivity index (χ3v) is 9.40. The number of hydrogen-bond acceptors (Lipinski definition) is 11. The molecule has 4 heterocycles. The van der Waals surface area contributed by atoms with Gasteiger partial charge < -0.3 is 15.5 Å². The molecular formula is C29H32ClF2N7O4S. The van der Waals surface area contributed by atoms with Gasteiger partial charge in [-0.15, -0.1) is 0 Å². The number of nitrogens with zero attached hydrogens (tertiary/aromatic N) is 5. The Hall–Kier alpha value is -3.67. The SMILES string of the molecule is CCc1nonc1C(=O)N[C@H](C(=C=O)Nc1ncc(C(CN2CC(F)(F)C2)N2C=C(Cl)C=CC2=C=O)s1)C1CCC(C)CC1. The summed E-state index contributed by atoms with van der Waals surface area (Å²) in [5.41, 5.74) is 0.754. The summed E-state index contributed by atoms with van der Waals surface area (Å²) in [5.74, 6) is 1.06. The van der Waals surface area contributed by atoms with Crippen molar-refractivity contribution in [2.24, 2.45) is 11.8 Å². The van der Waals surface area contributed by atoms with Crippen LogP contribution in [0.25, 0.3) is 0 Å². The van der Waals surface area contributed by atoms with Crippen molar-refractivity contribution in [3.63, 3.8) is 0 Å². The Kier molecular flexibility index (Phi) is 9.77. The number of halogens is 3. The van der Waals surface area contributed by atoms with Crippen LogP contribution >= 0.6 is 22.9 Å². The molecule has 2 N–H and O–H groups in total. The van der Waals surface area contributed by atoms with E-state index in [0.29, 0.717) is 33.1 Å². The maximum Gasteiger partial charge on any atom is 0.276 e. The molecule has 1 saturated heterocycles. The van der Waals surface area contributed by atoms with E-state index in [9.17, 15) is 23.2 Å². The molecule has 1 amide bonds. The fourth-order valence-corrected chi connectivity index (χ4v) is 6.86. The molecule has 2 aromatic heterocycles. The lowest BCUT2D eigenvalue weighted by molar-refractivity contribution is -0.134. The van der Waals surface area contributed by atoms with Gasteiger partial charge in [-0.1, -0.05) is 54.8 Å². The number of carbonyl (C=O) groups excluding carboxylic acids is 3. The van der Waals surface area contributed by atoms with Gasteiger partial charge in [0.25, 0.3) is 11.8 Å². The molecule has 11 nitrogen and oxygen atoms in total. The number of aryl methyl sites for hydroxylation is 1. The molecule has 0 radical (unpaired) electrons. The molecule has 2 atom stereocenters. The second kappa shape index (κ2) is 13.5. The summed E-state index contributed by atoms with van der Waals surface area (Å²) in [4.78, 5) is 45.6. The van der Waals surface area contributed by atoms with Crippen molar-refractivity contribution in [1.82, 2.24) is 30.4 Å². The van der Waals surface area contributed by atoms with Gasteiger partial charge in [0.2, 0.25) is 0 Å².